The summed E-state index contributed by atoms with van der Waals surface area (Å²) in [4.78, 5) is 4.91. The minimum atomic E-state index is 0.833. The molecule has 19 heavy (non-hydrogen) atoms. The van der Waals surface area contributed by atoms with E-state index in [2.05, 4.69) is 21.3 Å². The number of nitrogens with two attached hydrogens (primary N) is 1. The highest BCUT2D eigenvalue weighted by molar-refractivity contribution is 5.15. The molecule has 0 aromatic carbocycles. The maximum absolute atomic E-state index is 5.52. The molecule has 0 amide bonds. The number of hydrogen-bond acceptors (Lipinski definition) is 5. The second kappa shape index (κ2) is 7.40. The van der Waals surface area contributed by atoms with Crippen molar-refractivity contribution in [2.45, 2.75) is 12.8 Å². The highest BCUT2D eigenvalue weighted by atomic mass is 16.5. The number of ether oxygens (including phenoxy) is 1. The summed E-state index contributed by atoms with van der Waals surface area (Å²) in [5, 5.41) is 3.36. The van der Waals surface area contributed by atoms with Crippen LogP contribution in [0.4, 0.5) is 0 Å². The Morgan fingerprint density at radius 2 is 2.05 bits per heavy atom. The van der Waals surface area contributed by atoms with E-state index in [1.54, 1.807) is 13.3 Å². The lowest BCUT2D eigenvalue weighted by Crippen LogP contribution is -2.45. The summed E-state index contributed by atoms with van der Waals surface area (Å²) in [7, 11) is 1.76. The summed E-state index contributed by atoms with van der Waals surface area (Å²) in [6.45, 7) is 7.32. The molecule has 0 spiro atoms. The van der Waals surface area contributed by atoms with E-state index in [4.69, 9.17) is 10.5 Å². The number of piperidine rings is 1. The van der Waals surface area contributed by atoms with Gasteiger partial charge in [0.1, 0.15) is 0 Å². The number of nitrogens with one attached hydrogen (secondary N) is 1. The molecule has 0 saturated carbocycles. The van der Waals surface area contributed by atoms with Crippen LogP contribution in [0.5, 0.6) is 0 Å². The third-order valence-electron chi connectivity index (χ3n) is 3.84. The Balaban J connectivity index is 1.73. The van der Waals surface area contributed by atoms with E-state index in [1.165, 1.54) is 11.3 Å². The van der Waals surface area contributed by atoms with Crippen LogP contribution in [0.25, 0.3) is 0 Å². The van der Waals surface area contributed by atoms with Gasteiger partial charge in [0.05, 0.1) is 6.61 Å². The van der Waals surface area contributed by atoms with Gasteiger partial charge in [-0.25, -0.2) is 0 Å². The van der Waals surface area contributed by atoms with Gasteiger partial charge in [-0.2, -0.15) is 0 Å². The average Bonchev–Trinajstić information content (AvgIpc) is 2.47. The van der Waals surface area contributed by atoms with Gasteiger partial charge in [0.2, 0.25) is 0 Å². The molecule has 2 heterocycles. The van der Waals surface area contributed by atoms with Gasteiger partial charge in [-0.15, -0.1) is 0 Å². The summed E-state index contributed by atoms with van der Waals surface area (Å²) >= 11 is 0. The molecule has 5 nitrogen and oxygen atoms in total. The Hall–Kier alpha value is -1.20. The zero-order valence-electron chi connectivity index (χ0n) is 11.9. The van der Waals surface area contributed by atoms with Crippen molar-refractivity contribution in [1.82, 2.24) is 15.1 Å². The number of hydrogen-bond donors (Lipinski definition) is 2. The molecule has 5 heteroatoms. The highest BCUT2D eigenvalue weighted by Crippen LogP contribution is 2.16. The summed E-state index contributed by atoms with van der Waals surface area (Å²) in [5.74, 6) is 0. The van der Waals surface area contributed by atoms with E-state index in [0.717, 1.165) is 58.7 Å². The molecule has 0 unspecified atom stereocenters. The number of methoxy groups -OCH3 is 1. The van der Waals surface area contributed by atoms with Crippen molar-refractivity contribution < 1.29 is 4.74 Å². The maximum Gasteiger partial charge on any atom is 0.0589 e. The monoisotopic (exact) mass is 266 g/mol. The Kier molecular flexibility index (Phi) is 5.54. The van der Waals surface area contributed by atoms with E-state index >= 15 is 0 Å². The molecule has 0 aromatic rings. The zero-order valence-corrected chi connectivity index (χ0v) is 11.9. The second-order valence-electron chi connectivity index (χ2n) is 5.20. The Morgan fingerprint density at radius 1 is 1.26 bits per heavy atom. The number of piperazine rings is 1. The molecule has 0 bridgehead atoms. The van der Waals surface area contributed by atoms with Gasteiger partial charge in [-0.3, -0.25) is 4.90 Å². The fourth-order valence-electron chi connectivity index (χ4n) is 2.55. The van der Waals surface area contributed by atoms with E-state index in [1.807, 2.05) is 0 Å². The van der Waals surface area contributed by atoms with Gasteiger partial charge >= 0.3 is 0 Å². The standard InChI is InChI=1S/C14H26N4O/c1-19-9-8-17-4-6-18(7-5-17)12-13-2-3-14(10-15)16-11-13/h10,12,16H,2-9,11,15H2,1H3/b13-12+,14-10-. The van der Waals surface area contributed by atoms with Gasteiger partial charge in [0.15, 0.2) is 0 Å². The van der Waals surface area contributed by atoms with E-state index in [-0.39, 0.29) is 0 Å². The van der Waals surface area contributed by atoms with E-state index in [9.17, 15) is 0 Å². The van der Waals surface area contributed by atoms with Gasteiger partial charge in [0.25, 0.3) is 0 Å². The predicted octanol–water partition coefficient (Wildman–Crippen LogP) is 0.318. The fraction of sp³-hybridized carbons (Fsp3) is 0.714. The SMILES string of the molecule is COCCN1CCN(/C=C2\CC/C(=C/N)NC2)CC1. The minimum Gasteiger partial charge on any atom is -0.403 e. The second-order valence-corrected chi connectivity index (χ2v) is 5.20. The Morgan fingerprint density at radius 3 is 2.63 bits per heavy atom. The van der Waals surface area contributed by atoms with E-state index < -0.39 is 0 Å². The van der Waals surface area contributed by atoms with Gasteiger partial charge in [-0.1, -0.05) is 0 Å². The van der Waals surface area contributed by atoms with Crippen LogP contribution in [0, 0.1) is 0 Å². The van der Waals surface area contributed by atoms with Crippen LogP contribution in [0.2, 0.25) is 0 Å². The van der Waals surface area contributed by atoms with Crippen molar-refractivity contribution in [3.8, 4) is 0 Å². The van der Waals surface area contributed by atoms with Crippen LogP contribution in [-0.2, 0) is 4.74 Å². The van der Waals surface area contributed by atoms with Crippen LogP contribution in [0.3, 0.4) is 0 Å². The van der Waals surface area contributed by atoms with Crippen molar-refractivity contribution >= 4 is 0 Å². The molecule has 0 atom stereocenters. The molecule has 2 aliphatic heterocycles. The third kappa shape index (κ3) is 4.44. The van der Waals surface area contributed by atoms with Crippen LogP contribution in [0.1, 0.15) is 12.8 Å². The predicted molar refractivity (Wildman–Crippen MR) is 77.5 cm³/mol. The van der Waals surface area contributed by atoms with Gasteiger partial charge in [0, 0.05) is 64.5 Å². The quantitative estimate of drug-likeness (QED) is 0.767. The first-order valence-corrected chi connectivity index (χ1v) is 7.11. The maximum atomic E-state index is 5.52. The van der Waals surface area contributed by atoms with Crippen LogP contribution in [-0.4, -0.2) is 62.8 Å². The number of allylic oxidation sites excluding steroid dienone is 1. The largest absolute Gasteiger partial charge is 0.403 e. The Bertz CT molecular complexity index is 320. The first-order chi connectivity index (χ1) is 9.31. The van der Waals surface area contributed by atoms with Crippen molar-refractivity contribution in [2.24, 2.45) is 5.73 Å². The first kappa shape index (κ1) is 14.2. The molecule has 0 radical (unpaired) electrons. The van der Waals surface area contributed by atoms with Crippen molar-refractivity contribution in [3.63, 3.8) is 0 Å². The lowest BCUT2D eigenvalue weighted by molar-refractivity contribution is 0.114. The van der Waals surface area contributed by atoms with Crippen molar-refractivity contribution in [1.29, 1.82) is 0 Å². The lowest BCUT2D eigenvalue weighted by atomic mass is 10.1. The molecule has 3 N–H and O–H groups in total. The average molecular weight is 266 g/mol. The minimum absolute atomic E-state index is 0.833. The smallest absolute Gasteiger partial charge is 0.0589 e. The molecule has 2 aliphatic rings. The number of rotatable bonds is 4. The van der Waals surface area contributed by atoms with Gasteiger partial charge in [-0.05, 0) is 18.4 Å². The molecule has 0 aliphatic carbocycles. The Labute approximate surface area is 116 Å². The summed E-state index contributed by atoms with van der Waals surface area (Å²) in [6.07, 6.45) is 6.19. The molecule has 2 fully saturated rings. The van der Waals surface area contributed by atoms with E-state index in [0.29, 0.717) is 0 Å². The van der Waals surface area contributed by atoms with Crippen molar-refractivity contribution in [2.75, 3.05) is 53.0 Å². The summed E-state index contributed by atoms with van der Waals surface area (Å²) in [6, 6.07) is 0. The zero-order chi connectivity index (χ0) is 13.5. The fourth-order valence-corrected chi connectivity index (χ4v) is 2.55. The molecule has 2 saturated heterocycles. The molecular formula is C14H26N4O. The normalized spacial score (nSPS) is 25.8. The molecular weight excluding hydrogens is 240 g/mol. The first-order valence-electron chi connectivity index (χ1n) is 7.11. The van der Waals surface area contributed by atoms with Crippen LogP contribution in [0.15, 0.2) is 23.7 Å². The molecule has 2 rings (SSSR count). The lowest BCUT2D eigenvalue weighted by Gasteiger charge is -2.35. The van der Waals surface area contributed by atoms with Crippen LogP contribution >= 0.6 is 0 Å². The third-order valence-corrected chi connectivity index (χ3v) is 3.84. The molecule has 108 valence electrons. The topological polar surface area (TPSA) is 53.8 Å². The van der Waals surface area contributed by atoms with Crippen LogP contribution < -0.4 is 11.1 Å². The molecule has 0 aromatic heterocycles. The summed E-state index contributed by atoms with van der Waals surface area (Å²) < 4.78 is 5.12. The highest BCUT2D eigenvalue weighted by Gasteiger charge is 2.16. The van der Waals surface area contributed by atoms with Gasteiger partial charge < -0.3 is 20.7 Å². The summed E-state index contributed by atoms with van der Waals surface area (Å²) in [5.41, 5.74) is 8.17. The number of nitrogens with zero attached hydrogens (tertiary/aromatic N) is 2. The van der Waals surface area contributed by atoms with Crippen molar-refractivity contribution in [3.05, 3.63) is 23.7 Å².